The molecule has 0 fully saturated rings. The van der Waals surface area contributed by atoms with E-state index in [2.05, 4.69) is 10.3 Å². The summed E-state index contributed by atoms with van der Waals surface area (Å²) in [5.74, 6) is 0.353. The van der Waals surface area contributed by atoms with E-state index < -0.39 is 22.0 Å². The van der Waals surface area contributed by atoms with Crippen LogP contribution in [-0.4, -0.2) is 36.8 Å². The zero-order valence-electron chi connectivity index (χ0n) is 23.5. The standard InChI is InChI=1S/C31H33N3O4S2/c1-18-15-19(2)21(4)29(20(18)3)40(36,37)34-17-25-10-8-7-9-24(25)16-27(34)30(35)33-31-32-28(22(5)39-31)23-11-13-26(38-6)14-12-23/h7-15,27H,16-17H2,1-6H3,(H,32,33,35)/t27-/m1/s1. The number of benzene rings is 3. The van der Waals surface area contributed by atoms with Crippen molar-refractivity contribution in [1.29, 1.82) is 0 Å². The van der Waals surface area contributed by atoms with Gasteiger partial charge in [-0.3, -0.25) is 4.79 Å². The molecule has 40 heavy (non-hydrogen) atoms. The molecule has 9 heteroatoms. The van der Waals surface area contributed by atoms with E-state index >= 15 is 0 Å². The minimum absolute atomic E-state index is 0.121. The summed E-state index contributed by atoms with van der Waals surface area (Å²) in [5.41, 5.74) is 6.78. The van der Waals surface area contributed by atoms with Gasteiger partial charge in [-0.15, -0.1) is 11.3 Å². The van der Waals surface area contributed by atoms with Crippen molar-refractivity contribution in [2.24, 2.45) is 0 Å². The van der Waals surface area contributed by atoms with Gasteiger partial charge >= 0.3 is 0 Å². The number of thiazole rings is 1. The Hall–Kier alpha value is -3.53. The number of anilines is 1. The van der Waals surface area contributed by atoms with E-state index in [1.165, 1.54) is 15.6 Å². The Morgan fingerprint density at radius 2 is 1.60 bits per heavy atom. The number of hydrogen-bond acceptors (Lipinski definition) is 6. The van der Waals surface area contributed by atoms with E-state index in [9.17, 15) is 13.2 Å². The molecule has 1 amide bonds. The first kappa shape index (κ1) is 28.0. The largest absolute Gasteiger partial charge is 0.497 e. The molecule has 0 radical (unpaired) electrons. The summed E-state index contributed by atoms with van der Waals surface area (Å²) in [6, 6.07) is 16.4. The molecule has 1 aromatic heterocycles. The first-order chi connectivity index (χ1) is 19.0. The lowest BCUT2D eigenvalue weighted by Gasteiger charge is -2.35. The zero-order chi connectivity index (χ0) is 28.8. The summed E-state index contributed by atoms with van der Waals surface area (Å²) >= 11 is 1.37. The Morgan fingerprint density at radius 3 is 2.23 bits per heavy atom. The number of amides is 1. The molecule has 3 aromatic carbocycles. The summed E-state index contributed by atoms with van der Waals surface area (Å²) in [5, 5.41) is 3.37. The van der Waals surface area contributed by atoms with Crippen LogP contribution in [0.1, 0.15) is 38.3 Å². The number of aryl methyl sites for hydroxylation is 3. The number of methoxy groups -OCH3 is 1. The molecule has 4 aromatic rings. The van der Waals surface area contributed by atoms with E-state index in [1.54, 1.807) is 7.11 Å². The van der Waals surface area contributed by atoms with Crippen molar-refractivity contribution in [1.82, 2.24) is 9.29 Å². The van der Waals surface area contributed by atoms with Crippen molar-refractivity contribution in [2.45, 2.75) is 58.5 Å². The summed E-state index contributed by atoms with van der Waals surface area (Å²) in [6.07, 6.45) is 0.278. The number of rotatable bonds is 6. The fraction of sp³-hybridized carbons (Fsp3) is 0.290. The Morgan fingerprint density at radius 1 is 0.975 bits per heavy atom. The summed E-state index contributed by atoms with van der Waals surface area (Å²) in [6.45, 7) is 9.58. The second-order valence-electron chi connectivity index (χ2n) is 10.3. The van der Waals surface area contributed by atoms with E-state index in [0.717, 1.165) is 44.1 Å². The van der Waals surface area contributed by atoms with Gasteiger partial charge in [-0.1, -0.05) is 30.3 Å². The number of aromatic nitrogens is 1. The molecule has 0 spiro atoms. The third kappa shape index (κ3) is 5.05. The monoisotopic (exact) mass is 575 g/mol. The lowest BCUT2D eigenvalue weighted by molar-refractivity contribution is -0.120. The van der Waals surface area contributed by atoms with Gasteiger partial charge in [-0.2, -0.15) is 4.31 Å². The molecule has 5 rings (SSSR count). The number of fused-ring (bicyclic) bond motifs is 1. The predicted molar refractivity (Wildman–Crippen MR) is 160 cm³/mol. The van der Waals surface area contributed by atoms with Gasteiger partial charge in [0.15, 0.2) is 5.13 Å². The van der Waals surface area contributed by atoms with Crippen molar-refractivity contribution >= 4 is 32.4 Å². The number of ether oxygens (including phenoxy) is 1. The lowest BCUT2D eigenvalue weighted by atomic mass is 9.95. The average Bonchev–Trinajstić information content (AvgIpc) is 3.30. The number of nitrogens with one attached hydrogen (secondary N) is 1. The quantitative estimate of drug-likeness (QED) is 0.300. The minimum atomic E-state index is -4.01. The fourth-order valence-electron chi connectivity index (χ4n) is 5.32. The predicted octanol–water partition coefficient (Wildman–Crippen LogP) is 6.12. The molecule has 0 bridgehead atoms. The smallest absolute Gasteiger partial charge is 0.244 e. The van der Waals surface area contributed by atoms with Crippen molar-refractivity contribution in [2.75, 3.05) is 12.4 Å². The van der Waals surface area contributed by atoms with Gasteiger partial charge in [0.05, 0.1) is 17.7 Å². The van der Waals surface area contributed by atoms with E-state index in [1.807, 2.05) is 89.2 Å². The van der Waals surface area contributed by atoms with Gasteiger partial charge in [0.25, 0.3) is 0 Å². The van der Waals surface area contributed by atoms with Crippen molar-refractivity contribution in [3.63, 3.8) is 0 Å². The molecule has 7 nitrogen and oxygen atoms in total. The Kier molecular flexibility index (Phi) is 7.56. The SMILES string of the molecule is COc1ccc(-c2nc(NC(=O)[C@H]3Cc4ccccc4CN3S(=O)(=O)c3c(C)c(C)cc(C)c3C)sc2C)cc1. The summed E-state index contributed by atoms with van der Waals surface area (Å²) in [4.78, 5) is 19.8. The second-order valence-corrected chi connectivity index (χ2v) is 13.3. The fourth-order valence-corrected chi connectivity index (χ4v) is 8.30. The summed E-state index contributed by atoms with van der Waals surface area (Å²) < 4.78 is 35.3. The first-order valence-corrected chi connectivity index (χ1v) is 15.4. The molecule has 0 saturated carbocycles. The van der Waals surface area contributed by atoms with Crippen molar-refractivity contribution < 1.29 is 17.9 Å². The summed E-state index contributed by atoms with van der Waals surface area (Å²) in [7, 11) is -2.39. The van der Waals surface area contributed by atoms with E-state index in [0.29, 0.717) is 16.3 Å². The third-order valence-electron chi connectivity index (χ3n) is 7.76. The number of nitrogens with zero attached hydrogens (tertiary/aromatic N) is 2. The number of carbonyl (C=O) groups excluding carboxylic acids is 1. The van der Waals surface area contributed by atoms with Crippen LogP contribution in [0.2, 0.25) is 0 Å². The molecular formula is C31H33N3O4S2. The van der Waals surface area contributed by atoms with Crippen LogP contribution in [-0.2, 0) is 27.8 Å². The molecule has 1 N–H and O–H groups in total. The molecule has 1 atom stereocenters. The normalized spacial score (nSPS) is 15.5. The van der Waals surface area contributed by atoms with Gasteiger partial charge in [0.2, 0.25) is 15.9 Å². The van der Waals surface area contributed by atoms with Gasteiger partial charge in [-0.05, 0) is 98.7 Å². The van der Waals surface area contributed by atoms with Crippen LogP contribution in [0.15, 0.2) is 59.5 Å². The van der Waals surface area contributed by atoms with Crippen LogP contribution in [0.3, 0.4) is 0 Å². The highest BCUT2D eigenvalue weighted by atomic mass is 32.2. The van der Waals surface area contributed by atoms with Gasteiger partial charge in [0.1, 0.15) is 11.8 Å². The van der Waals surface area contributed by atoms with Crippen LogP contribution in [0.4, 0.5) is 5.13 Å². The van der Waals surface area contributed by atoms with Crippen LogP contribution < -0.4 is 10.1 Å². The zero-order valence-corrected chi connectivity index (χ0v) is 25.2. The lowest BCUT2D eigenvalue weighted by Crippen LogP contribution is -2.50. The topological polar surface area (TPSA) is 88.6 Å². The highest BCUT2D eigenvalue weighted by Gasteiger charge is 2.41. The molecular weight excluding hydrogens is 542 g/mol. The molecule has 2 heterocycles. The van der Waals surface area contributed by atoms with Gasteiger partial charge < -0.3 is 10.1 Å². The van der Waals surface area contributed by atoms with Crippen LogP contribution >= 0.6 is 11.3 Å². The van der Waals surface area contributed by atoms with E-state index in [4.69, 9.17) is 4.74 Å². The second kappa shape index (κ2) is 10.8. The number of carbonyl (C=O) groups is 1. The Balaban J connectivity index is 1.51. The van der Waals surface area contributed by atoms with Crippen molar-refractivity contribution in [3.05, 3.63) is 92.9 Å². The number of hydrogen-bond donors (Lipinski definition) is 1. The molecule has 0 unspecified atom stereocenters. The van der Waals surface area contributed by atoms with Gasteiger partial charge in [-0.25, -0.2) is 13.4 Å². The number of sulfonamides is 1. The molecule has 208 valence electrons. The molecule has 1 aliphatic heterocycles. The maximum absolute atomic E-state index is 14.3. The average molecular weight is 576 g/mol. The highest BCUT2D eigenvalue weighted by molar-refractivity contribution is 7.89. The van der Waals surface area contributed by atoms with Crippen molar-refractivity contribution in [3.8, 4) is 17.0 Å². The van der Waals surface area contributed by atoms with Crippen LogP contribution in [0.5, 0.6) is 5.75 Å². The molecule has 0 saturated heterocycles. The Bertz CT molecular complexity index is 1680. The minimum Gasteiger partial charge on any atom is -0.497 e. The van der Waals surface area contributed by atoms with Crippen LogP contribution in [0, 0.1) is 34.6 Å². The van der Waals surface area contributed by atoms with Gasteiger partial charge in [0, 0.05) is 17.0 Å². The third-order valence-corrected chi connectivity index (χ3v) is 10.8. The maximum atomic E-state index is 14.3. The Labute approximate surface area is 239 Å². The molecule has 1 aliphatic rings. The molecule has 0 aliphatic carbocycles. The maximum Gasteiger partial charge on any atom is 0.244 e. The van der Waals surface area contributed by atoms with Crippen LogP contribution in [0.25, 0.3) is 11.3 Å². The van der Waals surface area contributed by atoms with E-state index in [-0.39, 0.29) is 17.9 Å². The first-order valence-electron chi connectivity index (χ1n) is 13.1. The highest BCUT2D eigenvalue weighted by Crippen LogP contribution is 2.36.